The van der Waals surface area contributed by atoms with Gasteiger partial charge in [-0.25, -0.2) is 0 Å². The maximum Gasteiger partial charge on any atom is 0.303 e. The average molecular weight is 300 g/mol. The second-order valence-electron chi connectivity index (χ2n) is 7.36. The van der Waals surface area contributed by atoms with Crippen LogP contribution in [0.5, 0.6) is 0 Å². The van der Waals surface area contributed by atoms with Crippen LogP contribution in [0.15, 0.2) is 0 Å². The molecule has 2 aliphatic carbocycles. The maximum atomic E-state index is 11.7. The Balaban J connectivity index is 2.23. The lowest BCUT2D eigenvalue weighted by molar-refractivity contribution is -0.159. The largest absolute Gasteiger partial charge is 0.616 e. The lowest BCUT2D eigenvalue weighted by atomic mass is 9.55. The molecule has 0 aromatic rings. The van der Waals surface area contributed by atoms with Crippen LogP contribution in [0.4, 0.5) is 0 Å². The van der Waals surface area contributed by atoms with Crippen molar-refractivity contribution in [2.24, 2.45) is 23.2 Å². The highest BCUT2D eigenvalue weighted by molar-refractivity contribution is 7.90. The summed E-state index contributed by atoms with van der Waals surface area (Å²) in [7, 11) is 0. The highest BCUT2D eigenvalue weighted by Crippen LogP contribution is 2.55. The molecule has 116 valence electrons. The van der Waals surface area contributed by atoms with E-state index in [1.165, 1.54) is 19.8 Å². The van der Waals surface area contributed by atoms with Gasteiger partial charge in [-0.15, -0.1) is 0 Å². The van der Waals surface area contributed by atoms with Crippen LogP contribution in [0, 0.1) is 23.2 Å². The predicted octanol–water partition coefficient (Wildman–Crippen LogP) is 3.15. The lowest BCUT2D eigenvalue weighted by Crippen LogP contribution is -2.50. The molecule has 2 fully saturated rings. The van der Waals surface area contributed by atoms with Crippen LogP contribution in [0.2, 0.25) is 0 Å². The fourth-order valence-electron chi connectivity index (χ4n) is 4.92. The first-order chi connectivity index (χ1) is 9.30. The Hall–Kier alpha value is -0.220. The number of carbonyl (C=O) groups excluding carboxylic acids is 1. The number of fused-ring (bicyclic) bond motifs is 2. The summed E-state index contributed by atoms with van der Waals surface area (Å²) in [6, 6.07) is 0. The third-order valence-electron chi connectivity index (χ3n) is 5.05. The average Bonchev–Trinajstić information content (AvgIpc) is 2.24. The molecule has 4 heteroatoms. The smallest absolute Gasteiger partial charge is 0.303 e. The third-order valence-corrected chi connectivity index (χ3v) is 5.83. The predicted molar refractivity (Wildman–Crippen MR) is 81.8 cm³/mol. The van der Waals surface area contributed by atoms with Gasteiger partial charge < -0.3 is 9.29 Å². The minimum absolute atomic E-state index is 0.0668. The van der Waals surface area contributed by atoms with Crippen LogP contribution in [0.1, 0.15) is 52.9 Å². The summed E-state index contributed by atoms with van der Waals surface area (Å²) in [5, 5.41) is 0. The molecule has 2 aliphatic rings. The van der Waals surface area contributed by atoms with Crippen LogP contribution in [-0.2, 0) is 20.7 Å². The number of rotatable bonds is 4. The summed E-state index contributed by atoms with van der Waals surface area (Å²) >= 11 is -0.928. The van der Waals surface area contributed by atoms with Crippen molar-refractivity contribution in [3.63, 3.8) is 0 Å². The van der Waals surface area contributed by atoms with E-state index in [1.54, 1.807) is 6.26 Å². The summed E-state index contributed by atoms with van der Waals surface area (Å²) in [6.45, 7) is 6.09. The van der Waals surface area contributed by atoms with E-state index in [4.69, 9.17) is 4.74 Å². The normalized spacial score (nSPS) is 40.0. The molecule has 20 heavy (non-hydrogen) atoms. The van der Waals surface area contributed by atoms with Gasteiger partial charge in [0, 0.05) is 12.3 Å². The second kappa shape index (κ2) is 6.27. The summed E-state index contributed by atoms with van der Waals surface area (Å²) in [5.74, 6) is 2.38. The van der Waals surface area contributed by atoms with Gasteiger partial charge in [0.05, 0.1) is 6.26 Å². The van der Waals surface area contributed by atoms with E-state index in [9.17, 15) is 9.35 Å². The van der Waals surface area contributed by atoms with Crippen LogP contribution in [0.25, 0.3) is 0 Å². The third kappa shape index (κ3) is 3.70. The fraction of sp³-hybridized carbons (Fsp3) is 0.938. The molecule has 0 spiro atoms. The second-order valence-corrected chi connectivity index (χ2v) is 8.84. The van der Waals surface area contributed by atoms with Crippen molar-refractivity contribution in [1.29, 1.82) is 0 Å². The molecule has 0 aliphatic heterocycles. The van der Waals surface area contributed by atoms with Gasteiger partial charge in [-0.3, -0.25) is 4.79 Å². The number of carbonyl (C=O) groups is 1. The van der Waals surface area contributed by atoms with Crippen molar-refractivity contribution < 1.29 is 14.1 Å². The molecule has 0 aromatic carbocycles. The first-order valence-corrected chi connectivity index (χ1v) is 9.50. The fourth-order valence-corrected chi connectivity index (χ4v) is 5.77. The zero-order valence-corrected chi connectivity index (χ0v) is 14.0. The van der Waals surface area contributed by atoms with Crippen molar-refractivity contribution in [3.8, 4) is 0 Å². The van der Waals surface area contributed by atoms with Gasteiger partial charge in [0.2, 0.25) is 0 Å². The van der Waals surface area contributed by atoms with Gasteiger partial charge in [0.25, 0.3) is 0 Å². The van der Waals surface area contributed by atoms with Gasteiger partial charge >= 0.3 is 5.97 Å². The van der Waals surface area contributed by atoms with Crippen molar-refractivity contribution in [3.05, 3.63) is 0 Å². The quantitative estimate of drug-likeness (QED) is 0.592. The summed E-state index contributed by atoms with van der Waals surface area (Å²) in [5.41, 5.74) is 0.0668. The van der Waals surface area contributed by atoms with E-state index >= 15 is 0 Å². The molecule has 0 saturated heterocycles. The van der Waals surface area contributed by atoms with Gasteiger partial charge in [-0.1, -0.05) is 25.0 Å². The number of hydrogen-bond acceptors (Lipinski definition) is 3. The van der Waals surface area contributed by atoms with Gasteiger partial charge in [0.1, 0.15) is 5.75 Å². The van der Waals surface area contributed by atoms with Crippen LogP contribution >= 0.6 is 0 Å². The molecule has 2 bridgehead atoms. The Morgan fingerprint density at radius 3 is 2.30 bits per heavy atom. The van der Waals surface area contributed by atoms with Crippen molar-refractivity contribution in [1.82, 2.24) is 0 Å². The molecule has 0 amide bonds. The minimum Gasteiger partial charge on any atom is -0.616 e. The van der Waals surface area contributed by atoms with E-state index in [2.05, 4.69) is 13.8 Å². The molecular formula is C16H28O3S. The molecule has 0 N–H and O–H groups in total. The van der Waals surface area contributed by atoms with Gasteiger partial charge in [-0.2, -0.15) is 0 Å². The first kappa shape index (κ1) is 16.2. The van der Waals surface area contributed by atoms with Gasteiger partial charge in [0.15, 0.2) is 6.10 Å². The molecule has 4 unspecified atom stereocenters. The first-order valence-electron chi connectivity index (χ1n) is 7.78. The molecule has 4 atom stereocenters. The van der Waals surface area contributed by atoms with E-state index in [1.807, 2.05) is 0 Å². The number of hydrogen-bond donors (Lipinski definition) is 0. The number of esters is 1. The zero-order chi connectivity index (χ0) is 14.9. The van der Waals surface area contributed by atoms with E-state index in [0.717, 1.165) is 25.2 Å². The maximum absolute atomic E-state index is 11.7. The van der Waals surface area contributed by atoms with Crippen molar-refractivity contribution in [2.45, 2.75) is 59.0 Å². The standard InChI is InChI=1S/C16H28O3S/c1-11-5-14-6-12(2)8-16(7-11,9-14)15(10-20(4)18)19-13(3)17/h11-12,14-15H,5-10H2,1-4H3. The molecule has 2 saturated carbocycles. The number of ether oxygens (including phenoxy) is 1. The molecule has 0 heterocycles. The monoisotopic (exact) mass is 300 g/mol. The van der Waals surface area contributed by atoms with Crippen LogP contribution < -0.4 is 0 Å². The summed E-state index contributed by atoms with van der Waals surface area (Å²) in [6.07, 6.45) is 7.52. The van der Waals surface area contributed by atoms with E-state index in [-0.39, 0.29) is 17.5 Å². The molecular weight excluding hydrogens is 272 g/mol. The highest BCUT2D eigenvalue weighted by atomic mass is 32.2. The minimum atomic E-state index is -0.928. The highest BCUT2D eigenvalue weighted by Gasteiger charge is 2.51. The SMILES string of the molecule is CC(=O)OC(C[S+](C)[O-])C12CC(C)CC(CC(C)C1)C2. The Kier molecular flexibility index (Phi) is 5.06. The van der Waals surface area contributed by atoms with Crippen molar-refractivity contribution in [2.75, 3.05) is 12.0 Å². The molecule has 0 radical (unpaired) electrons. The summed E-state index contributed by atoms with van der Waals surface area (Å²) < 4.78 is 17.4. The van der Waals surface area contributed by atoms with Crippen LogP contribution in [-0.4, -0.2) is 28.6 Å². The lowest BCUT2D eigenvalue weighted by Gasteiger charge is -2.52. The zero-order valence-electron chi connectivity index (χ0n) is 13.2. The molecule has 2 rings (SSSR count). The summed E-state index contributed by atoms with van der Waals surface area (Å²) in [4.78, 5) is 11.5. The van der Waals surface area contributed by atoms with E-state index in [0.29, 0.717) is 17.6 Å². The Morgan fingerprint density at radius 1 is 1.30 bits per heavy atom. The van der Waals surface area contributed by atoms with Gasteiger partial charge in [-0.05, 0) is 49.9 Å². The Labute approximate surface area is 126 Å². The molecule has 0 aromatic heterocycles. The Bertz CT molecular complexity index is 336. The molecule has 3 nitrogen and oxygen atoms in total. The van der Waals surface area contributed by atoms with Crippen LogP contribution in [0.3, 0.4) is 0 Å². The Morgan fingerprint density at radius 2 is 1.85 bits per heavy atom. The van der Waals surface area contributed by atoms with Crippen molar-refractivity contribution >= 4 is 17.1 Å². The topological polar surface area (TPSA) is 49.4 Å². The van der Waals surface area contributed by atoms with E-state index < -0.39 is 11.2 Å².